The highest BCUT2D eigenvalue weighted by molar-refractivity contribution is 7.91. The summed E-state index contributed by atoms with van der Waals surface area (Å²) in [7, 11) is -2.99. The van der Waals surface area contributed by atoms with Gasteiger partial charge in [-0.2, -0.15) is 0 Å². The number of hydrogen-bond donors (Lipinski definition) is 0. The standard InChI is InChI=1S/C11H12N2O3S2/c1-7-4-17-10-9(7)12-6-13(11(10)14)8-2-3-18(15,16)5-8/h4,6,8H,2-3,5H2,1H3/t8-/m0/s1. The second-order valence-electron chi connectivity index (χ2n) is 4.61. The minimum atomic E-state index is -2.99. The molecule has 96 valence electrons. The van der Waals surface area contributed by atoms with Crippen molar-refractivity contribution in [1.82, 2.24) is 9.55 Å². The normalized spacial score (nSPS) is 22.6. The molecular formula is C11H12N2O3S2. The van der Waals surface area contributed by atoms with Gasteiger partial charge >= 0.3 is 0 Å². The van der Waals surface area contributed by atoms with E-state index in [-0.39, 0.29) is 23.1 Å². The number of rotatable bonds is 1. The van der Waals surface area contributed by atoms with E-state index in [9.17, 15) is 13.2 Å². The fraction of sp³-hybridized carbons (Fsp3) is 0.455. The van der Waals surface area contributed by atoms with Crippen LogP contribution < -0.4 is 5.56 Å². The smallest absolute Gasteiger partial charge is 0.271 e. The van der Waals surface area contributed by atoms with Crippen molar-refractivity contribution < 1.29 is 8.42 Å². The van der Waals surface area contributed by atoms with Crippen LogP contribution in [0.3, 0.4) is 0 Å². The molecule has 0 bridgehead atoms. The minimum absolute atomic E-state index is 0.0461. The highest BCUT2D eigenvalue weighted by atomic mass is 32.2. The molecule has 3 rings (SSSR count). The maximum atomic E-state index is 12.3. The van der Waals surface area contributed by atoms with E-state index >= 15 is 0 Å². The van der Waals surface area contributed by atoms with E-state index in [4.69, 9.17) is 0 Å². The van der Waals surface area contributed by atoms with Gasteiger partial charge in [0.15, 0.2) is 9.84 Å². The molecule has 1 aliphatic rings. The average Bonchev–Trinajstić information content (AvgIpc) is 2.84. The van der Waals surface area contributed by atoms with Crippen LogP contribution in [0.4, 0.5) is 0 Å². The zero-order chi connectivity index (χ0) is 12.9. The van der Waals surface area contributed by atoms with Gasteiger partial charge in [-0.25, -0.2) is 13.4 Å². The van der Waals surface area contributed by atoms with Gasteiger partial charge in [0, 0.05) is 0 Å². The van der Waals surface area contributed by atoms with Crippen LogP contribution in [-0.4, -0.2) is 29.5 Å². The molecule has 0 aliphatic carbocycles. The Morgan fingerprint density at radius 3 is 2.94 bits per heavy atom. The Bertz CT molecular complexity index is 773. The number of fused-ring (bicyclic) bond motifs is 1. The highest BCUT2D eigenvalue weighted by Crippen LogP contribution is 2.24. The van der Waals surface area contributed by atoms with E-state index in [1.54, 1.807) is 0 Å². The Kier molecular flexibility index (Phi) is 2.56. The number of aryl methyl sites for hydroxylation is 1. The summed E-state index contributed by atoms with van der Waals surface area (Å²) >= 11 is 1.37. The maximum absolute atomic E-state index is 12.3. The molecule has 0 amide bonds. The van der Waals surface area contributed by atoms with Crippen LogP contribution in [0, 0.1) is 6.92 Å². The molecule has 0 saturated carbocycles. The van der Waals surface area contributed by atoms with Crippen molar-refractivity contribution in [3.05, 3.63) is 27.6 Å². The molecule has 1 fully saturated rings. The number of thiophene rings is 1. The third-order valence-electron chi connectivity index (χ3n) is 3.28. The summed E-state index contributed by atoms with van der Waals surface area (Å²) in [6, 6.07) is -0.262. The number of nitrogens with zero attached hydrogens (tertiary/aromatic N) is 2. The van der Waals surface area contributed by atoms with E-state index < -0.39 is 9.84 Å². The molecule has 0 radical (unpaired) electrons. The van der Waals surface area contributed by atoms with Crippen molar-refractivity contribution in [2.45, 2.75) is 19.4 Å². The van der Waals surface area contributed by atoms with Gasteiger partial charge in [0.05, 0.1) is 29.4 Å². The van der Waals surface area contributed by atoms with E-state index in [2.05, 4.69) is 4.98 Å². The third kappa shape index (κ3) is 1.78. The molecule has 3 heterocycles. The van der Waals surface area contributed by atoms with Gasteiger partial charge in [0.2, 0.25) is 0 Å². The average molecular weight is 284 g/mol. The maximum Gasteiger partial charge on any atom is 0.271 e. The van der Waals surface area contributed by atoms with Crippen LogP contribution in [0.2, 0.25) is 0 Å². The summed E-state index contributed by atoms with van der Waals surface area (Å²) in [5.41, 5.74) is 1.58. The molecule has 0 aromatic carbocycles. The molecule has 1 aliphatic heterocycles. The fourth-order valence-electron chi connectivity index (χ4n) is 2.29. The number of hydrogen-bond acceptors (Lipinski definition) is 5. The molecule has 5 nitrogen and oxygen atoms in total. The minimum Gasteiger partial charge on any atom is -0.294 e. The molecule has 2 aromatic rings. The molecule has 0 unspecified atom stereocenters. The van der Waals surface area contributed by atoms with Crippen LogP contribution in [-0.2, 0) is 9.84 Å². The van der Waals surface area contributed by atoms with Gasteiger partial charge in [-0.05, 0) is 24.3 Å². The molecule has 1 saturated heterocycles. The Morgan fingerprint density at radius 2 is 2.28 bits per heavy atom. The lowest BCUT2D eigenvalue weighted by Gasteiger charge is -2.11. The number of aromatic nitrogens is 2. The van der Waals surface area contributed by atoms with Crippen LogP contribution in [0.1, 0.15) is 18.0 Å². The fourth-order valence-corrected chi connectivity index (χ4v) is 4.94. The largest absolute Gasteiger partial charge is 0.294 e. The van der Waals surface area contributed by atoms with E-state index in [0.29, 0.717) is 11.1 Å². The summed E-state index contributed by atoms with van der Waals surface area (Å²) in [5, 5.41) is 1.90. The second kappa shape index (κ2) is 3.89. The quantitative estimate of drug-likeness (QED) is 0.787. The topological polar surface area (TPSA) is 69.0 Å². The summed E-state index contributed by atoms with van der Waals surface area (Å²) < 4.78 is 25.0. The van der Waals surface area contributed by atoms with Crippen LogP contribution in [0.5, 0.6) is 0 Å². The van der Waals surface area contributed by atoms with Crippen molar-refractivity contribution in [2.75, 3.05) is 11.5 Å². The zero-order valence-electron chi connectivity index (χ0n) is 9.79. The molecule has 1 atom stereocenters. The molecule has 7 heteroatoms. The first-order valence-corrected chi connectivity index (χ1v) is 8.33. The van der Waals surface area contributed by atoms with Gasteiger partial charge in [-0.3, -0.25) is 9.36 Å². The van der Waals surface area contributed by atoms with Crippen molar-refractivity contribution >= 4 is 31.4 Å². The van der Waals surface area contributed by atoms with Crippen LogP contribution >= 0.6 is 11.3 Å². The van der Waals surface area contributed by atoms with Crippen molar-refractivity contribution in [2.24, 2.45) is 0 Å². The zero-order valence-corrected chi connectivity index (χ0v) is 11.4. The lowest BCUT2D eigenvalue weighted by molar-refractivity contribution is 0.535. The lowest BCUT2D eigenvalue weighted by atomic mass is 10.2. The Hall–Kier alpha value is -1.21. The molecule has 0 spiro atoms. The summed E-state index contributed by atoms with van der Waals surface area (Å²) in [6.07, 6.45) is 1.98. The second-order valence-corrected chi connectivity index (χ2v) is 7.72. The van der Waals surface area contributed by atoms with E-state index in [1.807, 2.05) is 12.3 Å². The SMILES string of the molecule is Cc1csc2c(=O)n([C@H]3CCS(=O)(=O)C3)cnc12. The van der Waals surface area contributed by atoms with Crippen LogP contribution in [0.15, 0.2) is 16.5 Å². The summed E-state index contributed by atoms with van der Waals surface area (Å²) in [5.74, 6) is 0.204. The molecule has 2 aromatic heterocycles. The third-order valence-corrected chi connectivity index (χ3v) is 6.11. The Balaban J connectivity index is 2.14. The predicted octanol–water partition coefficient (Wildman–Crippen LogP) is 1.13. The first-order valence-electron chi connectivity index (χ1n) is 5.63. The van der Waals surface area contributed by atoms with Crippen molar-refractivity contribution in [1.29, 1.82) is 0 Å². The van der Waals surface area contributed by atoms with Gasteiger partial charge < -0.3 is 0 Å². The van der Waals surface area contributed by atoms with Gasteiger partial charge in [0.1, 0.15) is 4.70 Å². The lowest BCUT2D eigenvalue weighted by Crippen LogP contribution is -2.25. The monoisotopic (exact) mass is 284 g/mol. The van der Waals surface area contributed by atoms with Gasteiger partial charge in [0.25, 0.3) is 5.56 Å². The van der Waals surface area contributed by atoms with Crippen molar-refractivity contribution in [3.63, 3.8) is 0 Å². The summed E-state index contributed by atoms with van der Waals surface area (Å²) in [6.45, 7) is 1.91. The highest BCUT2D eigenvalue weighted by Gasteiger charge is 2.30. The van der Waals surface area contributed by atoms with Gasteiger partial charge in [-0.15, -0.1) is 11.3 Å². The van der Waals surface area contributed by atoms with E-state index in [1.165, 1.54) is 22.2 Å². The van der Waals surface area contributed by atoms with E-state index in [0.717, 1.165) is 11.1 Å². The molecule has 18 heavy (non-hydrogen) atoms. The first-order chi connectivity index (χ1) is 8.48. The first kappa shape index (κ1) is 11.9. The van der Waals surface area contributed by atoms with Crippen molar-refractivity contribution in [3.8, 4) is 0 Å². The molecular weight excluding hydrogens is 272 g/mol. The number of sulfone groups is 1. The Labute approximate surface area is 108 Å². The summed E-state index contributed by atoms with van der Waals surface area (Å²) in [4.78, 5) is 16.6. The Morgan fingerprint density at radius 1 is 1.50 bits per heavy atom. The molecule has 0 N–H and O–H groups in total. The van der Waals surface area contributed by atoms with Gasteiger partial charge in [-0.1, -0.05) is 0 Å². The van der Waals surface area contributed by atoms with Crippen LogP contribution in [0.25, 0.3) is 10.2 Å². The predicted molar refractivity (Wildman–Crippen MR) is 70.9 cm³/mol.